The van der Waals surface area contributed by atoms with Crippen LogP contribution in [0.3, 0.4) is 0 Å². The Hall–Kier alpha value is -2.62. The van der Waals surface area contributed by atoms with Crippen LogP contribution in [0.1, 0.15) is 45.6 Å². The van der Waals surface area contributed by atoms with Crippen LogP contribution in [0.25, 0.3) is 0 Å². The summed E-state index contributed by atoms with van der Waals surface area (Å²) in [5.74, 6) is -0.815. The van der Waals surface area contributed by atoms with Crippen molar-refractivity contribution in [2.45, 2.75) is 33.7 Å². The van der Waals surface area contributed by atoms with Crippen LogP contribution in [-0.2, 0) is 9.53 Å². The molecule has 0 heterocycles. The van der Waals surface area contributed by atoms with Gasteiger partial charge in [-0.1, -0.05) is 35.9 Å². The Morgan fingerprint density at radius 3 is 2.29 bits per heavy atom. The van der Waals surface area contributed by atoms with E-state index >= 15 is 0 Å². The Labute approximate surface area is 142 Å². The lowest BCUT2D eigenvalue weighted by Gasteiger charge is -2.15. The maximum Gasteiger partial charge on any atom is 0.338 e. The van der Waals surface area contributed by atoms with Gasteiger partial charge < -0.3 is 10.1 Å². The normalized spacial score (nSPS) is 11.7. The lowest BCUT2D eigenvalue weighted by Crippen LogP contribution is -2.31. The highest BCUT2D eigenvalue weighted by atomic mass is 16.5. The maximum absolute atomic E-state index is 12.0. The zero-order valence-corrected chi connectivity index (χ0v) is 14.6. The summed E-state index contributed by atoms with van der Waals surface area (Å²) in [5.41, 5.74) is 4.92. The highest BCUT2D eigenvalue weighted by molar-refractivity contribution is 5.91. The number of aryl methyl sites for hydroxylation is 3. The Balaban J connectivity index is 1.87. The van der Waals surface area contributed by atoms with E-state index in [1.54, 1.807) is 12.1 Å². The first kappa shape index (κ1) is 17.7. The molecule has 0 aliphatic heterocycles. The Bertz CT molecular complexity index is 735. The van der Waals surface area contributed by atoms with Gasteiger partial charge in [-0.15, -0.1) is 0 Å². The fraction of sp³-hybridized carbons (Fsp3) is 0.300. The molecule has 2 aromatic carbocycles. The van der Waals surface area contributed by atoms with Crippen molar-refractivity contribution in [3.8, 4) is 0 Å². The fourth-order valence-electron chi connectivity index (χ4n) is 2.30. The van der Waals surface area contributed by atoms with Gasteiger partial charge in [-0.3, -0.25) is 4.79 Å². The van der Waals surface area contributed by atoms with Crippen molar-refractivity contribution in [3.63, 3.8) is 0 Å². The van der Waals surface area contributed by atoms with Gasteiger partial charge in [-0.25, -0.2) is 4.79 Å². The second-order valence-electron chi connectivity index (χ2n) is 6.08. The molecule has 0 saturated carbocycles. The third kappa shape index (κ3) is 4.69. The Morgan fingerprint density at radius 1 is 1.00 bits per heavy atom. The van der Waals surface area contributed by atoms with Gasteiger partial charge in [0.2, 0.25) is 0 Å². The molecule has 0 unspecified atom stereocenters. The second kappa shape index (κ2) is 7.77. The molecule has 2 rings (SSSR count). The van der Waals surface area contributed by atoms with Crippen LogP contribution in [0.2, 0.25) is 0 Å². The van der Waals surface area contributed by atoms with Crippen molar-refractivity contribution in [2.24, 2.45) is 0 Å². The summed E-state index contributed by atoms with van der Waals surface area (Å²) in [5, 5.41) is 2.84. The summed E-state index contributed by atoms with van der Waals surface area (Å²) in [6.07, 6.45) is 0. The average Bonchev–Trinajstić information content (AvgIpc) is 2.55. The maximum atomic E-state index is 12.0. The summed E-state index contributed by atoms with van der Waals surface area (Å²) in [6, 6.07) is 13.0. The van der Waals surface area contributed by atoms with E-state index in [2.05, 4.69) is 11.4 Å². The molecular weight excluding hydrogens is 302 g/mol. The first-order valence-corrected chi connectivity index (χ1v) is 7.97. The number of esters is 1. The van der Waals surface area contributed by atoms with Gasteiger partial charge in [0.15, 0.2) is 6.61 Å². The Kier molecular flexibility index (Phi) is 5.74. The highest BCUT2D eigenvalue weighted by Crippen LogP contribution is 2.16. The lowest BCUT2D eigenvalue weighted by atomic mass is 10.0. The van der Waals surface area contributed by atoms with Crippen LogP contribution in [0, 0.1) is 20.8 Å². The van der Waals surface area contributed by atoms with E-state index in [0.717, 1.165) is 11.1 Å². The van der Waals surface area contributed by atoms with Crippen molar-refractivity contribution in [1.82, 2.24) is 5.32 Å². The van der Waals surface area contributed by atoms with Crippen molar-refractivity contribution in [1.29, 1.82) is 0 Å². The van der Waals surface area contributed by atoms with Gasteiger partial charge in [-0.05, 0) is 56.5 Å². The molecule has 126 valence electrons. The minimum absolute atomic E-state index is 0.144. The lowest BCUT2D eigenvalue weighted by molar-refractivity contribution is -0.124. The van der Waals surface area contributed by atoms with E-state index in [4.69, 9.17) is 4.74 Å². The molecule has 0 fully saturated rings. The molecule has 24 heavy (non-hydrogen) atoms. The van der Waals surface area contributed by atoms with Gasteiger partial charge >= 0.3 is 5.97 Å². The molecule has 1 atom stereocenters. The summed E-state index contributed by atoms with van der Waals surface area (Å²) in [7, 11) is 0. The summed E-state index contributed by atoms with van der Waals surface area (Å²) >= 11 is 0. The predicted molar refractivity (Wildman–Crippen MR) is 93.9 cm³/mol. The van der Waals surface area contributed by atoms with Crippen molar-refractivity contribution in [3.05, 3.63) is 70.3 Å². The van der Waals surface area contributed by atoms with Gasteiger partial charge in [0, 0.05) is 0 Å². The standard InChI is InChI=1S/C20H23NO3/c1-13-5-8-17(9-6-13)20(23)24-12-19(22)21-16(4)18-10-7-14(2)15(3)11-18/h5-11,16H,12H2,1-4H3,(H,21,22)/t16-/m1/s1. The van der Waals surface area contributed by atoms with Crippen molar-refractivity contribution >= 4 is 11.9 Å². The summed E-state index contributed by atoms with van der Waals surface area (Å²) < 4.78 is 5.06. The minimum Gasteiger partial charge on any atom is -0.452 e. The van der Waals surface area contributed by atoms with E-state index in [1.165, 1.54) is 11.1 Å². The van der Waals surface area contributed by atoms with Crippen LogP contribution >= 0.6 is 0 Å². The third-order valence-corrected chi connectivity index (χ3v) is 4.03. The van der Waals surface area contributed by atoms with Crippen LogP contribution in [-0.4, -0.2) is 18.5 Å². The van der Waals surface area contributed by atoms with Crippen molar-refractivity contribution < 1.29 is 14.3 Å². The number of carbonyl (C=O) groups excluding carboxylic acids is 2. The molecule has 0 aliphatic rings. The number of benzene rings is 2. The number of hydrogen-bond acceptors (Lipinski definition) is 3. The van der Waals surface area contributed by atoms with Crippen LogP contribution in [0.15, 0.2) is 42.5 Å². The van der Waals surface area contributed by atoms with Gasteiger partial charge in [0.05, 0.1) is 11.6 Å². The monoisotopic (exact) mass is 325 g/mol. The number of ether oxygens (including phenoxy) is 1. The van der Waals surface area contributed by atoms with E-state index in [0.29, 0.717) is 5.56 Å². The molecule has 4 heteroatoms. The molecule has 4 nitrogen and oxygen atoms in total. The number of rotatable bonds is 5. The van der Waals surface area contributed by atoms with Gasteiger partial charge in [0.1, 0.15) is 0 Å². The van der Waals surface area contributed by atoms with Crippen molar-refractivity contribution in [2.75, 3.05) is 6.61 Å². The molecule has 1 N–H and O–H groups in total. The third-order valence-electron chi connectivity index (χ3n) is 4.03. The molecule has 0 radical (unpaired) electrons. The SMILES string of the molecule is Cc1ccc(C(=O)OCC(=O)N[C@H](C)c2ccc(C)c(C)c2)cc1. The average molecular weight is 325 g/mol. The minimum atomic E-state index is -0.496. The number of amides is 1. The number of hydrogen-bond donors (Lipinski definition) is 1. The van der Waals surface area contributed by atoms with E-state index in [1.807, 2.05) is 52.0 Å². The quantitative estimate of drug-likeness (QED) is 0.854. The number of carbonyl (C=O) groups is 2. The predicted octanol–water partition coefficient (Wildman–Crippen LogP) is 3.65. The molecule has 0 aliphatic carbocycles. The topological polar surface area (TPSA) is 55.4 Å². The molecule has 0 spiro atoms. The molecule has 0 bridgehead atoms. The largest absolute Gasteiger partial charge is 0.452 e. The molecule has 1 amide bonds. The van der Waals surface area contributed by atoms with E-state index in [9.17, 15) is 9.59 Å². The van der Waals surface area contributed by atoms with Crippen LogP contribution in [0.5, 0.6) is 0 Å². The smallest absolute Gasteiger partial charge is 0.338 e. The zero-order chi connectivity index (χ0) is 17.7. The van der Waals surface area contributed by atoms with Crippen LogP contribution in [0.4, 0.5) is 0 Å². The number of nitrogens with one attached hydrogen (secondary N) is 1. The highest BCUT2D eigenvalue weighted by Gasteiger charge is 2.13. The van der Waals surface area contributed by atoms with E-state index < -0.39 is 5.97 Å². The second-order valence-corrected chi connectivity index (χ2v) is 6.08. The van der Waals surface area contributed by atoms with E-state index in [-0.39, 0.29) is 18.6 Å². The zero-order valence-electron chi connectivity index (χ0n) is 14.6. The van der Waals surface area contributed by atoms with Gasteiger partial charge in [-0.2, -0.15) is 0 Å². The first-order valence-electron chi connectivity index (χ1n) is 7.97. The van der Waals surface area contributed by atoms with Crippen LogP contribution < -0.4 is 5.32 Å². The van der Waals surface area contributed by atoms with Gasteiger partial charge in [0.25, 0.3) is 5.91 Å². The summed E-state index contributed by atoms with van der Waals surface area (Å²) in [4.78, 5) is 23.9. The molecule has 0 aromatic heterocycles. The molecular formula is C20H23NO3. The summed E-state index contributed by atoms with van der Waals surface area (Å²) in [6.45, 7) is 7.64. The fourth-order valence-corrected chi connectivity index (χ4v) is 2.30. The first-order chi connectivity index (χ1) is 11.4. The Morgan fingerprint density at radius 2 is 1.67 bits per heavy atom. The molecule has 2 aromatic rings. The molecule has 0 saturated heterocycles.